The van der Waals surface area contributed by atoms with Crippen LogP contribution in [0.15, 0.2) is 127 Å². The van der Waals surface area contributed by atoms with E-state index in [-0.39, 0.29) is 0 Å². The normalized spacial score (nSPS) is 12.4. The number of ether oxygens (including phenoxy) is 2. The average Bonchev–Trinajstić information content (AvgIpc) is 4.17. The summed E-state index contributed by atoms with van der Waals surface area (Å²) in [5, 5.41) is 20.9. The molecule has 1 aliphatic rings. The third-order valence-electron chi connectivity index (χ3n) is 13.9. The van der Waals surface area contributed by atoms with Crippen molar-refractivity contribution in [2.24, 2.45) is 0 Å². The highest BCUT2D eigenvalue weighted by atomic mass is 32.1. The topological polar surface area (TPSA) is 100 Å². The summed E-state index contributed by atoms with van der Waals surface area (Å²) in [7, 11) is 3.35. The van der Waals surface area contributed by atoms with Crippen molar-refractivity contribution in [2.45, 2.75) is 55.4 Å². The molecule has 0 fully saturated rings. The Labute approximate surface area is 436 Å². The third kappa shape index (κ3) is 8.27. The van der Waals surface area contributed by atoms with Crippen LogP contribution in [-0.4, -0.2) is 42.7 Å². The van der Waals surface area contributed by atoms with Gasteiger partial charge in [-0.15, -0.1) is 50.4 Å². The molecule has 0 spiro atoms. The monoisotopic (exact) mass is 1020 g/mol. The molecule has 1 aliphatic heterocycles. The second-order valence-corrected chi connectivity index (χ2v) is 23.1. The first-order chi connectivity index (χ1) is 34.5. The van der Waals surface area contributed by atoms with Gasteiger partial charge in [-0.3, -0.25) is 0 Å². The van der Waals surface area contributed by atoms with Crippen molar-refractivity contribution >= 4 is 103 Å². The van der Waals surface area contributed by atoms with Gasteiger partial charge in [0.1, 0.15) is 23.3 Å². The summed E-state index contributed by atoms with van der Waals surface area (Å²) >= 11 is 6.84. The van der Waals surface area contributed by atoms with Crippen LogP contribution in [-0.2, 0) is 9.59 Å². The fourth-order valence-electron chi connectivity index (χ4n) is 11.2. The molecule has 0 radical (unpaired) electrons. The molecule has 0 amide bonds. The van der Waals surface area contributed by atoms with E-state index in [2.05, 4.69) is 156 Å². The summed E-state index contributed by atoms with van der Waals surface area (Å²) in [5.74, 6) is -1.35. The predicted molar refractivity (Wildman–Crippen MR) is 302 cm³/mol. The molecular formula is C59H53BN2O6S4. The Morgan fingerprint density at radius 1 is 0.528 bits per heavy atom. The molecule has 13 heteroatoms. The van der Waals surface area contributed by atoms with Gasteiger partial charge in [-0.1, -0.05) is 87.2 Å². The molecule has 5 heterocycles. The molecule has 9 aromatic rings. The number of carbonyl (C=O) groups is 2. The molecule has 2 N–H and O–H groups in total. The standard InChI is InChI=1S/C59H53BN2O6S4/c1-32-23-34(3)52(35(4)24-32)60(53-36(5)25-33(2)26-37(53)6)48-30-50(71-56(48)57-61(60)31-46(69-57)29-47(58(63)64)59(65)66)49-27-39(8)55(70-49)51-28-38(7)54(72-51)40-11-13-41(14-12-40)62(42-15-19-44(67-9)20-16-42)43-17-21-45(68-10)22-18-43/h11-31H,1-10H3,(H,63,64)(H,65,66). The van der Waals surface area contributed by atoms with E-state index < -0.39 is 23.8 Å². The molecule has 4 aromatic heterocycles. The quantitative estimate of drug-likeness (QED) is 0.0513. The smallest absolute Gasteiger partial charge is 0.363 e. The lowest BCUT2D eigenvalue weighted by atomic mass is 9.23. The average molecular weight is 1030 g/mol. The van der Waals surface area contributed by atoms with Crippen molar-refractivity contribution < 1.29 is 33.8 Å². The molecular weight excluding hydrogens is 972 g/mol. The van der Waals surface area contributed by atoms with Gasteiger partial charge in [0.25, 0.3) is 0 Å². The Hall–Kier alpha value is -7.03. The third-order valence-corrected chi connectivity index (χ3v) is 19.2. The van der Waals surface area contributed by atoms with Gasteiger partial charge in [0.05, 0.1) is 24.0 Å². The first kappa shape index (κ1) is 48.6. The summed E-state index contributed by atoms with van der Waals surface area (Å²) in [6, 6.07) is 41.1. The molecule has 0 bridgehead atoms. The Balaban J connectivity index is 1.07. The number of aromatic nitrogens is 1. The molecule has 0 atom stereocenters. The summed E-state index contributed by atoms with van der Waals surface area (Å²) < 4.78 is 13.3. The van der Waals surface area contributed by atoms with Gasteiger partial charge in [0.2, 0.25) is 5.01 Å². The van der Waals surface area contributed by atoms with E-state index in [1.165, 1.54) is 97.8 Å². The van der Waals surface area contributed by atoms with Crippen molar-refractivity contribution in [3.8, 4) is 51.3 Å². The van der Waals surface area contributed by atoms with Crippen LogP contribution in [0, 0.1) is 55.4 Å². The van der Waals surface area contributed by atoms with Gasteiger partial charge in [0.15, 0.2) is 0 Å². The van der Waals surface area contributed by atoms with E-state index in [0.29, 0.717) is 4.88 Å². The van der Waals surface area contributed by atoms with E-state index in [0.717, 1.165) is 48.9 Å². The van der Waals surface area contributed by atoms with Gasteiger partial charge in [-0.05, 0) is 151 Å². The number of methoxy groups -OCH3 is 2. The number of aryl methyl sites for hydroxylation is 8. The van der Waals surface area contributed by atoms with Crippen LogP contribution in [0.3, 0.4) is 0 Å². The highest BCUT2D eigenvalue weighted by Gasteiger charge is 2.55. The molecule has 8 nitrogen and oxygen atoms in total. The largest absolute Gasteiger partial charge is 0.497 e. The summed E-state index contributed by atoms with van der Waals surface area (Å²) in [5.41, 5.74) is 16.7. The van der Waals surface area contributed by atoms with E-state index in [4.69, 9.17) is 9.47 Å². The molecule has 5 aromatic carbocycles. The Kier molecular flexibility index (Phi) is 12.7. The van der Waals surface area contributed by atoms with Crippen LogP contribution in [0.2, 0.25) is 0 Å². The molecule has 0 saturated carbocycles. The van der Waals surface area contributed by atoms with Crippen LogP contribution in [0.4, 0.5) is 17.1 Å². The highest BCUT2D eigenvalue weighted by molar-refractivity contribution is 7.31. The lowest BCUT2D eigenvalue weighted by molar-refractivity contribution is -0.518. The maximum absolute atomic E-state index is 12.2. The number of thiophene rings is 3. The second kappa shape index (κ2) is 18.9. The van der Waals surface area contributed by atoms with E-state index in [1.54, 1.807) is 25.6 Å². The van der Waals surface area contributed by atoms with Gasteiger partial charge in [-0.2, -0.15) is 0 Å². The van der Waals surface area contributed by atoms with Gasteiger partial charge in [-0.25, -0.2) is 9.59 Å². The maximum atomic E-state index is 12.2. The van der Waals surface area contributed by atoms with E-state index >= 15 is 0 Å². The number of hydrogen-bond donors (Lipinski definition) is 2. The van der Waals surface area contributed by atoms with Crippen molar-refractivity contribution in [1.82, 2.24) is 0 Å². The molecule has 0 aliphatic carbocycles. The van der Waals surface area contributed by atoms with Crippen LogP contribution in [0.5, 0.6) is 11.5 Å². The minimum atomic E-state index is -1.91. The molecule has 10 rings (SSSR count). The molecule has 0 unspecified atom stereocenters. The minimum absolute atomic E-state index is 0.570. The SMILES string of the molecule is COc1ccc(N(c2ccc(OC)cc2)c2ccc(-c3sc(-c4sc(-c5cc6c(s5)-c5sc(C=C(C(=O)O)C(=O)O)c[n+]5[B-]6(c5c(C)cc(C)cc5C)c5c(C)cc(C)cc5C)cc4C)cc3C)cc2)cc1. The number of carboxylic acid groups (broad SMARTS) is 2. The zero-order valence-electron chi connectivity index (χ0n) is 41.8. The number of aliphatic carboxylic acids is 2. The summed E-state index contributed by atoms with van der Waals surface area (Å²) in [6.07, 6.45) is 1.39. The number of fused-ring (bicyclic) bond motifs is 3. The van der Waals surface area contributed by atoms with Crippen molar-refractivity contribution in [2.75, 3.05) is 19.1 Å². The second-order valence-electron chi connectivity index (χ2n) is 18.9. The maximum Gasteiger partial charge on any atom is 0.363 e. The Morgan fingerprint density at radius 2 is 0.958 bits per heavy atom. The van der Waals surface area contributed by atoms with Crippen molar-refractivity contribution in [3.63, 3.8) is 0 Å². The van der Waals surface area contributed by atoms with Crippen LogP contribution >= 0.6 is 45.3 Å². The van der Waals surface area contributed by atoms with Crippen molar-refractivity contribution in [3.05, 3.63) is 176 Å². The van der Waals surface area contributed by atoms with Crippen molar-refractivity contribution in [1.29, 1.82) is 0 Å². The number of anilines is 3. The molecule has 362 valence electrons. The van der Waals surface area contributed by atoms with E-state index in [1.807, 2.05) is 53.1 Å². The first-order valence-corrected chi connectivity index (χ1v) is 26.9. The Morgan fingerprint density at radius 3 is 1.44 bits per heavy atom. The zero-order chi connectivity index (χ0) is 50.9. The fraction of sp³-hybridized carbons (Fsp3) is 0.169. The van der Waals surface area contributed by atoms with Gasteiger partial charge < -0.3 is 29.1 Å². The number of rotatable bonds is 13. The number of benzene rings is 5. The predicted octanol–water partition coefficient (Wildman–Crippen LogP) is 13.2. The number of thiazole rings is 1. The molecule has 0 saturated heterocycles. The highest BCUT2D eigenvalue weighted by Crippen LogP contribution is 2.48. The number of carboxylic acids is 2. The molecule has 72 heavy (non-hydrogen) atoms. The minimum Gasteiger partial charge on any atom is -0.497 e. The van der Waals surface area contributed by atoms with Crippen LogP contribution in [0.25, 0.3) is 45.9 Å². The van der Waals surface area contributed by atoms with Crippen LogP contribution in [0.1, 0.15) is 49.4 Å². The van der Waals surface area contributed by atoms with Gasteiger partial charge in [0, 0.05) is 41.4 Å². The lowest BCUT2D eigenvalue weighted by Gasteiger charge is -2.38. The first-order valence-electron chi connectivity index (χ1n) is 23.6. The fourth-order valence-corrected chi connectivity index (χ4v) is 16.4. The Bertz CT molecular complexity index is 3490. The lowest BCUT2D eigenvalue weighted by Crippen LogP contribution is -2.84. The summed E-state index contributed by atoms with van der Waals surface area (Å²) in [6.45, 7) is 17.5. The number of nitrogens with zero attached hydrogens (tertiary/aromatic N) is 2. The van der Waals surface area contributed by atoms with E-state index in [9.17, 15) is 19.8 Å². The van der Waals surface area contributed by atoms with Crippen LogP contribution < -0.4 is 35.2 Å². The zero-order valence-corrected chi connectivity index (χ0v) is 45.0. The summed E-state index contributed by atoms with van der Waals surface area (Å²) in [4.78, 5) is 34.4. The number of hydrogen-bond acceptors (Lipinski definition) is 9. The van der Waals surface area contributed by atoms with Gasteiger partial charge >= 0.3 is 18.2 Å².